The minimum Gasteiger partial charge on any atom is -0.337 e. The maximum atomic E-state index is 12.3. The van der Waals surface area contributed by atoms with Gasteiger partial charge in [0, 0.05) is 29.2 Å². The van der Waals surface area contributed by atoms with Crippen LogP contribution < -0.4 is 0 Å². The predicted octanol–water partition coefficient (Wildman–Crippen LogP) is 4.97. The van der Waals surface area contributed by atoms with Crippen molar-refractivity contribution in [1.82, 2.24) is 9.88 Å². The smallest absolute Gasteiger partial charge is 0.254 e. The van der Waals surface area contributed by atoms with Gasteiger partial charge in [0.05, 0.1) is 0 Å². The Kier molecular flexibility index (Phi) is 5.33. The quantitative estimate of drug-likeness (QED) is 0.721. The molecule has 0 radical (unpaired) electrons. The number of carbonyl (C=O) groups is 1. The maximum absolute atomic E-state index is 12.3. The normalized spacial score (nSPS) is 10.5. The summed E-state index contributed by atoms with van der Waals surface area (Å²) >= 11 is 23.5. The zero-order chi connectivity index (χ0) is 15.6. The van der Waals surface area contributed by atoms with Crippen LogP contribution in [0.15, 0.2) is 30.3 Å². The molecule has 0 N–H and O–H groups in total. The van der Waals surface area contributed by atoms with Crippen molar-refractivity contribution in [3.05, 3.63) is 61.8 Å². The van der Waals surface area contributed by atoms with E-state index in [0.29, 0.717) is 22.2 Å². The van der Waals surface area contributed by atoms with Crippen molar-refractivity contribution >= 4 is 52.3 Å². The van der Waals surface area contributed by atoms with Crippen LogP contribution in [-0.4, -0.2) is 22.8 Å². The summed E-state index contributed by atoms with van der Waals surface area (Å²) in [6.45, 7) is 0.340. The molecule has 21 heavy (non-hydrogen) atoms. The minimum absolute atomic E-state index is 0.170. The number of benzene rings is 1. The second-order valence-electron chi connectivity index (χ2n) is 4.40. The first-order valence-corrected chi connectivity index (χ1v) is 7.40. The van der Waals surface area contributed by atoms with Crippen molar-refractivity contribution in [2.75, 3.05) is 7.05 Å². The topological polar surface area (TPSA) is 33.2 Å². The van der Waals surface area contributed by atoms with Crippen LogP contribution in [0.5, 0.6) is 0 Å². The number of hydrogen-bond acceptors (Lipinski definition) is 2. The van der Waals surface area contributed by atoms with Crippen LogP contribution in [0.3, 0.4) is 0 Å². The zero-order valence-electron chi connectivity index (χ0n) is 10.9. The van der Waals surface area contributed by atoms with Crippen LogP contribution in [0.25, 0.3) is 0 Å². The van der Waals surface area contributed by atoms with Gasteiger partial charge >= 0.3 is 0 Å². The average Bonchev–Trinajstić information content (AvgIpc) is 2.40. The Morgan fingerprint density at radius 3 is 2.29 bits per heavy atom. The van der Waals surface area contributed by atoms with Crippen molar-refractivity contribution in [2.24, 2.45) is 0 Å². The zero-order valence-corrected chi connectivity index (χ0v) is 13.9. The van der Waals surface area contributed by atoms with Gasteiger partial charge in [0.15, 0.2) is 0 Å². The van der Waals surface area contributed by atoms with Crippen LogP contribution in [-0.2, 0) is 6.54 Å². The highest BCUT2D eigenvalue weighted by Crippen LogP contribution is 2.23. The van der Waals surface area contributed by atoms with E-state index < -0.39 is 0 Å². The van der Waals surface area contributed by atoms with Crippen LogP contribution in [0.4, 0.5) is 0 Å². The van der Waals surface area contributed by atoms with Crippen molar-refractivity contribution in [1.29, 1.82) is 0 Å². The van der Waals surface area contributed by atoms with Gasteiger partial charge in [0.1, 0.15) is 10.3 Å². The first kappa shape index (κ1) is 16.4. The summed E-state index contributed by atoms with van der Waals surface area (Å²) in [5.41, 5.74) is 1.16. The molecule has 0 aliphatic rings. The third kappa shape index (κ3) is 4.24. The largest absolute Gasteiger partial charge is 0.337 e. The fourth-order valence-electron chi connectivity index (χ4n) is 1.79. The van der Waals surface area contributed by atoms with Crippen LogP contribution in [0.2, 0.25) is 20.4 Å². The summed E-state index contributed by atoms with van der Waals surface area (Å²) in [6.07, 6.45) is 0. The molecule has 3 nitrogen and oxygen atoms in total. The van der Waals surface area contributed by atoms with Gasteiger partial charge in [-0.15, -0.1) is 0 Å². The molecule has 1 aromatic heterocycles. The maximum Gasteiger partial charge on any atom is 0.254 e. The van der Waals surface area contributed by atoms with E-state index in [1.165, 1.54) is 17.0 Å². The Bertz CT molecular complexity index is 670. The molecule has 2 aromatic rings. The molecule has 0 bridgehead atoms. The molecule has 0 unspecified atom stereocenters. The van der Waals surface area contributed by atoms with Crippen molar-refractivity contribution in [2.45, 2.75) is 6.54 Å². The van der Waals surface area contributed by atoms with E-state index in [9.17, 15) is 4.79 Å². The van der Waals surface area contributed by atoms with Gasteiger partial charge in [-0.05, 0) is 29.8 Å². The number of nitrogens with zero attached hydrogens (tertiary/aromatic N) is 2. The molecule has 0 saturated carbocycles. The average molecular weight is 364 g/mol. The van der Waals surface area contributed by atoms with E-state index in [0.717, 1.165) is 5.56 Å². The Balaban J connectivity index is 2.19. The fraction of sp³-hybridized carbons (Fsp3) is 0.143. The number of hydrogen-bond donors (Lipinski definition) is 0. The van der Waals surface area contributed by atoms with Gasteiger partial charge in [-0.25, -0.2) is 4.98 Å². The molecule has 0 spiro atoms. The lowest BCUT2D eigenvalue weighted by atomic mass is 10.2. The highest BCUT2D eigenvalue weighted by atomic mass is 35.5. The number of carbonyl (C=O) groups excluding carboxylic acids is 1. The molecule has 0 aliphatic heterocycles. The van der Waals surface area contributed by atoms with Gasteiger partial charge in [-0.2, -0.15) is 0 Å². The molecule has 0 aliphatic carbocycles. The molecule has 0 saturated heterocycles. The van der Waals surface area contributed by atoms with E-state index >= 15 is 0 Å². The first-order valence-electron chi connectivity index (χ1n) is 5.89. The second kappa shape index (κ2) is 6.84. The molecule has 0 atom stereocenters. The number of amides is 1. The summed E-state index contributed by atoms with van der Waals surface area (Å²) in [5, 5.41) is 1.39. The van der Waals surface area contributed by atoms with Crippen LogP contribution in [0.1, 0.15) is 15.9 Å². The third-order valence-electron chi connectivity index (χ3n) is 2.78. The fourth-order valence-corrected chi connectivity index (χ4v) is 2.71. The molecule has 7 heteroatoms. The predicted molar refractivity (Wildman–Crippen MR) is 86.5 cm³/mol. The summed E-state index contributed by atoms with van der Waals surface area (Å²) in [6, 6.07) is 8.07. The van der Waals surface area contributed by atoms with E-state index in [4.69, 9.17) is 46.4 Å². The molecule has 110 valence electrons. The van der Waals surface area contributed by atoms with Gasteiger partial charge in [-0.3, -0.25) is 4.79 Å². The summed E-state index contributed by atoms with van der Waals surface area (Å²) in [5.74, 6) is -0.229. The van der Waals surface area contributed by atoms with Crippen molar-refractivity contribution in [3.63, 3.8) is 0 Å². The molecule has 1 aromatic carbocycles. The molecular weight excluding hydrogens is 354 g/mol. The standard InChI is InChI=1S/C14H10Cl4N2O/c1-20(7-8-2-3-10(15)6-11(8)16)14(21)9-4-12(17)19-13(18)5-9/h2-6H,7H2,1H3. The highest BCUT2D eigenvalue weighted by molar-refractivity contribution is 6.35. The summed E-state index contributed by atoms with van der Waals surface area (Å²) in [7, 11) is 1.66. The van der Waals surface area contributed by atoms with E-state index in [1.807, 2.05) is 0 Å². The van der Waals surface area contributed by atoms with Gasteiger partial charge in [0.25, 0.3) is 5.91 Å². The van der Waals surface area contributed by atoms with Gasteiger partial charge in [-0.1, -0.05) is 52.5 Å². The monoisotopic (exact) mass is 362 g/mol. The lowest BCUT2D eigenvalue weighted by Gasteiger charge is -2.18. The number of rotatable bonds is 3. The van der Waals surface area contributed by atoms with Crippen molar-refractivity contribution in [3.8, 4) is 0 Å². The Morgan fingerprint density at radius 1 is 1.10 bits per heavy atom. The third-order valence-corrected chi connectivity index (χ3v) is 3.75. The number of aromatic nitrogens is 1. The molecule has 0 fully saturated rings. The second-order valence-corrected chi connectivity index (χ2v) is 6.02. The molecule has 1 amide bonds. The Labute approximate surface area is 142 Å². The summed E-state index contributed by atoms with van der Waals surface area (Å²) < 4.78 is 0. The van der Waals surface area contributed by atoms with Gasteiger partial charge < -0.3 is 4.90 Å². The van der Waals surface area contributed by atoms with Crippen LogP contribution in [0, 0.1) is 0 Å². The molecular formula is C14H10Cl4N2O. The van der Waals surface area contributed by atoms with E-state index in [1.54, 1.807) is 25.2 Å². The highest BCUT2D eigenvalue weighted by Gasteiger charge is 2.15. The number of pyridine rings is 1. The minimum atomic E-state index is -0.229. The lowest BCUT2D eigenvalue weighted by Crippen LogP contribution is -2.26. The Morgan fingerprint density at radius 2 is 1.71 bits per heavy atom. The van der Waals surface area contributed by atoms with Gasteiger partial charge in [0.2, 0.25) is 0 Å². The van der Waals surface area contributed by atoms with Crippen molar-refractivity contribution < 1.29 is 4.79 Å². The summed E-state index contributed by atoms with van der Waals surface area (Å²) in [4.78, 5) is 17.7. The van der Waals surface area contributed by atoms with Crippen LogP contribution >= 0.6 is 46.4 Å². The van der Waals surface area contributed by atoms with E-state index in [2.05, 4.69) is 4.98 Å². The first-order chi connectivity index (χ1) is 9.86. The van der Waals surface area contributed by atoms with E-state index in [-0.39, 0.29) is 16.2 Å². The molecule has 2 rings (SSSR count). The molecule has 1 heterocycles. The lowest BCUT2D eigenvalue weighted by molar-refractivity contribution is 0.0785. The SMILES string of the molecule is CN(Cc1ccc(Cl)cc1Cl)C(=O)c1cc(Cl)nc(Cl)c1. The Hall–Kier alpha value is -1.00. The number of halogens is 4.